The molecule has 84 valence electrons. The van der Waals surface area contributed by atoms with Crippen molar-refractivity contribution in [1.29, 1.82) is 0 Å². The number of rotatable bonds is 9. The van der Waals surface area contributed by atoms with Crippen LogP contribution in [0.3, 0.4) is 0 Å². The first-order valence-electron chi connectivity index (χ1n) is 5.66. The summed E-state index contributed by atoms with van der Waals surface area (Å²) in [5.74, 6) is 0.812. The lowest BCUT2D eigenvalue weighted by Gasteiger charge is -2.02. The van der Waals surface area contributed by atoms with Gasteiger partial charge in [0, 0.05) is 5.88 Å². The summed E-state index contributed by atoms with van der Waals surface area (Å²) in [4.78, 5) is 0. The van der Waals surface area contributed by atoms with Crippen LogP contribution in [0, 0.1) is 0 Å². The van der Waals surface area contributed by atoms with Crippen LogP contribution >= 0.6 is 23.2 Å². The Morgan fingerprint density at radius 1 is 0.929 bits per heavy atom. The van der Waals surface area contributed by atoms with Crippen molar-refractivity contribution >= 4 is 23.2 Å². The Balaban J connectivity index is 1.72. The van der Waals surface area contributed by atoms with Gasteiger partial charge in [0.2, 0.25) is 0 Å². The highest BCUT2D eigenvalue weighted by Crippen LogP contribution is 2.36. The van der Waals surface area contributed by atoms with Gasteiger partial charge in [0.05, 0.1) is 6.61 Å². The molecule has 0 bridgehead atoms. The lowest BCUT2D eigenvalue weighted by Crippen LogP contribution is -1.98. The Kier molecular flexibility index (Phi) is 6.23. The largest absolute Gasteiger partial charge is 0.353 e. The zero-order valence-corrected chi connectivity index (χ0v) is 10.2. The number of hydrogen-bond acceptors (Lipinski definition) is 1. The quantitative estimate of drug-likeness (QED) is 0.332. The molecule has 3 heteroatoms. The van der Waals surface area contributed by atoms with Crippen molar-refractivity contribution in [1.82, 2.24) is 0 Å². The van der Waals surface area contributed by atoms with E-state index in [4.69, 9.17) is 27.9 Å². The van der Waals surface area contributed by atoms with E-state index < -0.39 is 0 Å². The standard InChI is InChI=1S/C11H20Cl2O/c12-9-7-5-3-1-2-4-6-8-11(13)10-14-11/h1-10H2. The number of unbranched alkanes of at least 4 members (excludes halogenated alkanes) is 6. The molecule has 0 radical (unpaired) electrons. The van der Waals surface area contributed by atoms with Crippen molar-refractivity contribution in [2.24, 2.45) is 0 Å². The summed E-state index contributed by atoms with van der Waals surface area (Å²) >= 11 is 11.6. The van der Waals surface area contributed by atoms with Crippen molar-refractivity contribution < 1.29 is 4.74 Å². The molecule has 0 aliphatic carbocycles. The van der Waals surface area contributed by atoms with Gasteiger partial charge in [0.1, 0.15) is 0 Å². The van der Waals surface area contributed by atoms with E-state index in [1.165, 1.54) is 44.9 Å². The van der Waals surface area contributed by atoms with Crippen molar-refractivity contribution in [3.05, 3.63) is 0 Å². The monoisotopic (exact) mass is 238 g/mol. The van der Waals surface area contributed by atoms with Crippen LogP contribution < -0.4 is 0 Å². The van der Waals surface area contributed by atoms with E-state index in [9.17, 15) is 0 Å². The summed E-state index contributed by atoms with van der Waals surface area (Å²) in [6, 6.07) is 0. The molecule has 1 saturated heterocycles. The van der Waals surface area contributed by atoms with Crippen molar-refractivity contribution in [2.75, 3.05) is 12.5 Å². The van der Waals surface area contributed by atoms with Crippen LogP contribution in [0.5, 0.6) is 0 Å². The van der Waals surface area contributed by atoms with Gasteiger partial charge in [-0.15, -0.1) is 11.6 Å². The predicted molar refractivity (Wildman–Crippen MR) is 62.2 cm³/mol. The van der Waals surface area contributed by atoms with Gasteiger partial charge in [-0.1, -0.05) is 43.7 Å². The highest BCUT2D eigenvalue weighted by atomic mass is 35.5. The molecule has 0 amide bonds. The third-order valence-corrected chi connectivity index (χ3v) is 3.32. The Morgan fingerprint density at radius 3 is 1.93 bits per heavy atom. The smallest absolute Gasteiger partial charge is 0.165 e. The van der Waals surface area contributed by atoms with Gasteiger partial charge in [-0.2, -0.15) is 0 Å². The minimum atomic E-state index is -0.251. The maximum atomic E-state index is 5.99. The molecule has 0 N–H and O–H groups in total. The molecular formula is C11H20Cl2O. The predicted octanol–water partition coefficient (Wildman–Crippen LogP) is 4.31. The fraction of sp³-hybridized carbons (Fsp3) is 1.00. The Labute approximate surface area is 97.1 Å². The highest BCUT2D eigenvalue weighted by molar-refractivity contribution is 6.24. The Hall–Kier alpha value is 0.540. The van der Waals surface area contributed by atoms with E-state index >= 15 is 0 Å². The summed E-state index contributed by atoms with van der Waals surface area (Å²) in [6.45, 7) is 0.754. The third-order valence-electron chi connectivity index (χ3n) is 2.64. The highest BCUT2D eigenvalue weighted by Gasteiger charge is 2.41. The molecule has 0 saturated carbocycles. The molecule has 1 aliphatic heterocycles. The molecule has 0 aromatic rings. The first kappa shape index (κ1) is 12.6. The number of halogens is 2. The lowest BCUT2D eigenvalue weighted by atomic mass is 10.1. The van der Waals surface area contributed by atoms with Crippen molar-refractivity contribution in [2.45, 2.75) is 56.4 Å². The van der Waals surface area contributed by atoms with Crippen LogP contribution in [-0.4, -0.2) is 17.5 Å². The van der Waals surface area contributed by atoms with Gasteiger partial charge in [-0.25, -0.2) is 0 Å². The topological polar surface area (TPSA) is 12.5 Å². The first-order valence-corrected chi connectivity index (χ1v) is 6.57. The minimum absolute atomic E-state index is 0.251. The number of epoxide rings is 1. The van der Waals surface area contributed by atoms with E-state index in [2.05, 4.69) is 0 Å². The van der Waals surface area contributed by atoms with Crippen LogP contribution in [0.25, 0.3) is 0 Å². The van der Waals surface area contributed by atoms with E-state index in [1.807, 2.05) is 0 Å². The van der Waals surface area contributed by atoms with E-state index in [1.54, 1.807) is 0 Å². The van der Waals surface area contributed by atoms with Crippen LogP contribution in [-0.2, 0) is 4.74 Å². The van der Waals surface area contributed by atoms with Gasteiger partial charge in [0.15, 0.2) is 5.06 Å². The maximum absolute atomic E-state index is 5.99. The van der Waals surface area contributed by atoms with Crippen molar-refractivity contribution in [3.63, 3.8) is 0 Å². The number of alkyl halides is 2. The summed E-state index contributed by atoms with van der Waals surface area (Å²) in [6.07, 6.45) is 9.97. The second-order valence-corrected chi connectivity index (χ2v) is 5.15. The van der Waals surface area contributed by atoms with E-state index in [0.29, 0.717) is 0 Å². The molecule has 0 aromatic heterocycles. The Morgan fingerprint density at radius 2 is 1.43 bits per heavy atom. The van der Waals surface area contributed by atoms with E-state index in [0.717, 1.165) is 18.9 Å². The second-order valence-electron chi connectivity index (χ2n) is 4.09. The molecule has 1 nitrogen and oxygen atoms in total. The number of hydrogen-bond donors (Lipinski definition) is 0. The molecule has 1 unspecified atom stereocenters. The average molecular weight is 239 g/mol. The van der Waals surface area contributed by atoms with Crippen LogP contribution in [0.4, 0.5) is 0 Å². The minimum Gasteiger partial charge on any atom is -0.353 e. The van der Waals surface area contributed by atoms with E-state index in [-0.39, 0.29) is 5.06 Å². The van der Waals surface area contributed by atoms with Gasteiger partial charge >= 0.3 is 0 Å². The van der Waals surface area contributed by atoms with Gasteiger partial charge in [-0.3, -0.25) is 0 Å². The molecule has 0 aromatic carbocycles. The molecule has 1 rings (SSSR count). The Bertz CT molecular complexity index is 146. The molecule has 1 heterocycles. The third kappa shape index (κ3) is 6.10. The summed E-state index contributed by atoms with van der Waals surface area (Å²) in [7, 11) is 0. The SMILES string of the molecule is ClCCCCCCCCCC1(Cl)CO1. The zero-order chi connectivity index (χ0) is 10.3. The molecule has 1 atom stereocenters. The number of ether oxygens (including phenoxy) is 1. The first-order chi connectivity index (χ1) is 6.77. The molecular weight excluding hydrogens is 219 g/mol. The molecule has 1 aliphatic rings. The fourth-order valence-electron chi connectivity index (χ4n) is 1.59. The maximum Gasteiger partial charge on any atom is 0.165 e. The second kappa shape index (κ2) is 6.92. The lowest BCUT2D eigenvalue weighted by molar-refractivity contribution is 0.357. The summed E-state index contributed by atoms with van der Waals surface area (Å²) in [5.41, 5.74) is 0. The van der Waals surface area contributed by atoms with Gasteiger partial charge < -0.3 is 4.74 Å². The van der Waals surface area contributed by atoms with Gasteiger partial charge in [0.25, 0.3) is 0 Å². The summed E-state index contributed by atoms with van der Waals surface area (Å²) in [5, 5.41) is -0.251. The summed E-state index contributed by atoms with van der Waals surface area (Å²) < 4.78 is 5.11. The molecule has 1 fully saturated rings. The average Bonchev–Trinajstić information content (AvgIpc) is 2.89. The van der Waals surface area contributed by atoms with Crippen LogP contribution in [0.2, 0.25) is 0 Å². The molecule has 14 heavy (non-hydrogen) atoms. The fourth-order valence-corrected chi connectivity index (χ4v) is 1.97. The van der Waals surface area contributed by atoms with Crippen LogP contribution in [0.15, 0.2) is 0 Å². The van der Waals surface area contributed by atoms with Crippen molar-refractivity contribution in [3.8, 4) is 0 Å². The normalized spacial score (nSPS) is 25.3. The zero-order valence-electron chi connectivity index (χ0n) is 8.74. The van der Waals surface area contributed by atoms with Crippen LogP contribution in [0.1, 0.15) is 51.4 Å². The van der Waals surface area contributed by atoms with Gasteiger partial charge in [-0.05, 0) is 19.3 Å². The molecule has 0 spiro atoms.